The number of H-pyrrole nitrogens is 2. The maximum absolute atomic E-state index is 14.8. The molecule has 1 fully saturated rings. The summed E-state index contributed by atoms with van der Waals surface area (Å²) in [6, 6.07) is 13.2. The van der Waals surface area contributed by atoms with Gasteiger partial charge >= 0.3 is 0 Å². The Hall–Kier alpha value is -4.59. The number of aromatic amines is 2. The quantitative estimate of drug-likeness (QED) is 0.0846. The van der Waals surface area contributed by atoms with E-state index in [1.54, 1.807) is 12.1 Å². The Kier molecular flexibility index (Phi) is 11.5. The zero-order chi connectivity index (χ0) is 35.1. The summed E-state index contributed by atoms with van der Waals surface area (Å²) in [6.07, 6.45) is 19.7. The Morgan fingerprint density at radius 1 is 1.12 bits per heavy atom. The van der Waals surface area contributed by atoms with Gasteiger partial charge in [-0.25, -0.2) is 4.39 Å². The predicted molar refractivity (Wildman–Crippen MR) is 214 cm³/mol. The van der Waals surface area contributed by atoms with Gasteiger partial charge in [0.2, 0.25) is 0 Å². The Labute approximate surface area is 291 Å². The number of rotatable bonds is 13. The van der Waals surface area contributed by atoms with Gasteiger partial charge in [0.1, 0.15) is 11.5 Å². The highest BCUT2D eigenvalue weighted by Gasteiger charge is 2.15. The Morgan fingerprint density at radius 3 is 2.61 bits per heavy atom. The van der Waals surface area contributed by atoms with Crippen LogP contribution in [0.25, 0.3) is 46.1 Å². The number of hydrogen-bond acceptors (Lipinski definition) is 3. The van der Waals surface area contributed by atoms with E-state index in [-0.39, 0.29) is 5.82 Å². The van der Waals surface area contributed by atoms with Crippen LogP contribution in [0.2, 0.25) is 0 Å². The number of fused-ring (bicyclic) bond motifs is 1. The second-order valence-electron chi connectivity index (χ2n) is 13.4. The number of nitrogens with zero attached hydrogens (tertiary/aromatic N) is 1. The average molecular weight is 676 g/mol. The van der Waals surface area contributed by atoms with Crippen molar-refractivity contribution in [2.75, 3.05) is 6.26 Å². The van der Waals surface area contributed by atoms with Gasteiger partial charge in [0.05, 0.1) is 11.0 Å². The highest BCUT2D eigenvalue weighted by Crippen LogP contribution is 2.33. The van der Waals surface area contributed by atoms with E-state index in [2.05, 4.69) is 87.9 Å². The molecule has 0 unspecified atom stereocenters. The molecular weight excluding hydrogens is 626 g/mol. The third-order valence-electron chi connectivity index (χ3n) is 9.09. The van der Waals surface area contributed by atoms with Gasteiger partial charge in [-0.2, -0.15) is 14.5 Å². The summed E-state index contributed by atoms with van der Waals surface area (Å²) in [7, 11) is -1.42. The van der Waals surface area contributed by atoms with Crippen molar-refractivity contribution in [1.82, 2.24) is 25.2 Å². The second-order valence-corrected chi connectivity index (χ2v) is 16.2. The number of halogens is 1. The van der Waals surface area contributed by atoms with E-state index in [0.29, 0.717) is 6.54 Å². The highest BCUT2D eigenvalue weighted by atomic mass is 32.2. The lowest BCUT2D eigenvalue weighted by molar-refractivity contribution is 0.353. The summed E-state index contributed by atoms with van der Waals surface area (Å²) in [4.78, 5) is 3.50. The van der Waals surface area contributed by atoms with Gasteiger partial charge in [-0.05, 0) is 109 Å². The van der Waals surface area contributed by atoms with Gasteiger partial charge in [0.15, 0.2) is 0 Å². The molecule has 0 aliphatic heterocycles. The maximum atomic E-state index is 14.8. The van der Waals surface area contributed by atoms with Crippen molar-refractivity contribution in [3.05, 3.63) is 124 Å². The van der Waals surface area contributed by atoms with Crippen LogP contribution in [-0.2, 0) is 6.54 Å². The van der Waals surface area contributed by atoms with Crippen LogP contribution in [0.15, 0.2) is 102 Å². The number of aromatic nitrogens is 3. The number of benzene rings is 2. The van der Waals surface area contributed by atoms with E-state index in [1.807, 2.05) is 49.6 Å². The fraction of sp³-hybridized carbons (Fsp3) is 0.262. The molecule has 2 aromatic carbocycles. The van der Waals surface area contributed by atoms with Crippen LogP contribution >= 0.6 is 9.39 Å². The van der Waals surface area contributed by atoms with Crippen molar-refractivity contribution in [3.63, 3.8) is 0 Å². The van der Waals surface area contributed by atoms with Gasteiger partial charge < -0.3 is 10.3 Å². The van der Waals surface area contributed by atoms with Crippen molar-refractivity contribution in [2.45, 2.75) is 58.9 Å². The number of nitrogens with one attached hydrogen (secondary N) is 4. The minimum absolute atomic E-state index is 0.281. The van der Waals surface area contributed by atoms with Crippen molar-refractivity contribution >= 4 is 44.7 Å². The zero-order valence-electron chi connectivity index (χ0n) is 29.2. The lowest BCUT2D eigenvalue weighted by Crippen LogP contribution is -2.21. The predicted octanol–water partition coefficient (Wildman–Crippen LogP) is 8.89. The summed E-state index contributed by atoms with van der Waals surface area (Å²) in [5.74, 6) is 8.58. The van der Waals surface area contributed by atoms with E-state index in [4.69, 9.17) is 0 Å². The third kappa shape index (κ3) is 9.31. The van der Waals surface area contributed by atoms with Gasteiger partial charge in [0, 0.05) is 34.1 Å². The summed E-state index contributed by atoms with van der Waals surface area (Å²) >= 11 is 0. The topological polar surface area (TPSA) is 68.5 Å². The fourth-order valence-electron chi connectivity index (χ4n) is 6.48. The van der Waals surface area contributed by atoms with Crippen LogP contribution in [0, 0.1) is 11.7 Å². The summed E-state index contributed by atoms with van der Waals surface area (Å²) in [5, 5.41) is 13.9. The van der Waals surface area contributed by atoms with Crippen LogP contribution < -0.4 is 20.6 Å². The molecule has 4 aromatic rings. The molecule has 1 aliphatic rings. The van der Waals surface area contributed by atoms with E-state index in [0.717, 1.165) is 84.4 Å². The minimum atomic E-state index is -1.42. The molecule has 5 nitrogen and oxygen atoms in total. The third-order valence-corrected chi connectivity index (χ3v) is 9.93. The molecule has 0 spiro atoms. The van der Waals surface area contributed by atoms with Crippen molar-refractivity contribution < 1.29 is 4.39 Å². The smallest absolute Gasteiger partial charge is 0.124 e. The molecule has 0 radical (unpaired) electrons. The molecule has 0 bridgehead atoms. The van der Waals surface area contributed by atoms with Crippen LogP contribution in [0.3, 0.4) is 0 Å². The van der Waals surface area contributed by atoms with Crippen molar-refractivity contribution in [1.29, 1.82) is 0 Å². The lowest BCUT2D eigenvalue weighted by atomic mass is 9.86. The summed E-state index contributed by atoms with van der Waals surface area (Å²) in [6.45, 7) is 17.3. The molecule has 4 N–H and O–H groups in total. The van der Waals surface area contributed by atoms with Gasteiger partial charge in [-0.3, -0.25) is 9.82 Å². The molecule has 0 atom stereocenters. The number of hydrogen-bond donors (Lipinski definition) is 4. The van der Waals surface area contributed by atoms with Crippen LogP contribution in [0.5, 0.6) is 0 Å². The molecule has 49 heavy (non-hydrogen) atoms. The molecule has 256 valence electrons. The molecule has 2 heterocycles. The molecule has 0 saturated heterocycles. The van der Waals surface area contributed by atoms with E-state index in [1.165, 1.54) is 32.1 Å². The first kappa shape index (κ1) is 35.7. The van der Waals surface area contributed by atoms with Crippen molar-refractivity contribution in [2.24, 2.45) is 5.92 Å². The summed E-state index contributed by atoms with van der Waals surface area (Å²) < 4.78 is 18.1. The maximum Gasteiger partial charge on any atom is 0.124 e. The van der Waals surface area contributed by atoms with Crippen molar-refractivity contribution in [3.8, 4) is 22.5 Å². The highest BCUT2D eigenvalue weighted by molar-refractivity contribution is 8.25. The molecular formula is C42H50FN5S. The molecule has 7 heteroatoms. The first-order chi connectivity index (χ1) is 23.4. The first-order valence-corrected chi connectivity index (χ1v) is 19.3. The van der Waals surface area contributed by atoms with Crippen LogP contribution in [0.4, 0.5) is 4.39 Å². The van der Waals surface area contributed by atoms with E-state index >= 15 is 0 Å². The Morgan fingerprint density at radius 2 is 1.90 bits per heavy atom. The lowest BCUT2D eigenvalue weighted by Gasteiger charge is -2.23. The van der Waals surface area contributed by atoms with Gasteiger partial charge in [-0.15, -0.1) is 0 Å². The molecule has 1 saturated carbocycles. The van der Waals surface area contributed by atoms with Gasteiger partial charge in [-0.1, -0.05) is 87.9 Å². The van der Waals surface area contributed by atoms with Crippen LogP contribution in [-0.4, -0.2) is 33.2 Å². The SMILES string of the molecule is C=C\C(=C/C(=C\C)C(/C)=C/C=c1/[nH]nc(-c2cc3c(-c4cc(F)cc(CNS(=C)(=C)C)c4)cccc3[nH]2)c1=C)NC(=C)CC1CCCCC1. The second kappa shape index (κ2) is 15.7. The number of allylic oxidation sites excluding steroid dienone is 7. The molecule has 5 rings (SSSR count). The Bertz CT molecular complexity index is 2170. The normalized spacial score (nSPS) is 15.6. The summed E-state index contributed by atoms with van der Waals surface area (Å²) in [5.41, 5.74) is 9.25. The van der Waals surface area contributed by atoms with E-state index < -0.39 is 9.39 Å². The molecule has 1 aliphatic carbocycles. The van der Waals surface area contributed by atoms with Gasteiger partial charge in [0.25, 0.3) is 0 Å². The fourth-order valence-corrected chi connectivity index (χ4v) is 6.99. The largest absolute Gasteiger partial charge is 0.359 e. The average Bonchev–Trinajstić information content (AvgIpc) is 3.67. The minimum Gasteiger partial charge on any atom is -0.359 e. The van der Waals surface area contributed by atoms with E-state index in [9.17, 15) is 4.39 Å². The monoisotopic (exact) mass is 675 g/mol. The zero-order valence-corrected chi connectivity index (χ0v) is 30.0. The first-order valence-electron chi connectivity index (χ1n) is 16.9. The Balaban J connectivity index is 1.37. The standard InChI is InChI=1S/C42H50FN5S/c1-9-33(25-36(10-2)45-29(4)21-31-15-12-11-13-16-31)28(3)19-20-39-30(5)42(48-47-39)41-26-38-37(17-14-18-40(38)46-41)34-22-32(23-35(43)24-34)27-44-49(6,7)8/h9-10,14,17-20,22-26,31,44-47H,2,4-7,11-13,15-16,21,27H2,1,3,8H3/b28-19+,33-9+,36-25+,39-20+. The molecule has 2 aromatic heterocycles. The van der Waals surface area contributed by atoms with Crippen LogP contribution in [0.1, 0.15) is 57.9 Å². The molecule has 0 amide bonds.